The second-order valence-corrected chi connectivity index (χ2v) is 5.63. The van der Waals surface area contributed by atoms with E-state index in [9.17, 15) is 19.3 Å². The molecule has 0 atom stereocenters. The summed E-state index contributed by atoms with van der Waals surface area (Å²) in [7, 11) is 0. The molecule has 1 N–H and O–H groups in total. The molecule has 1 aliphatic rings. The lowest BCUT2D eigenvalue weighted by atomic mass is 10.2. The van der Waals surface area contributed by atoms with Gasteiger partial charge in [0.1, 0.15) is 5.82 Å². The predicted molar refractivity (Wildman–Crippen MR) is 69.7 cm³/mol. The number of carbonyl (C=O) groups is 1. The van der Waals surface area contributed by atoms with Crippen LogP contribution in [0.25, 0.3) is 0 Å². The van der Waals surface area contributed by atoms with Gasteiger partial charge < -0.3 is 9.84 Å². The lowest BCUT2D eigenvalue weighted by Gasteiger charge is -2.21. The van der Waals surface area contributed by atoms with Crippen LogP contribution in [0.2, 0.25) is 0 Å². The minimum absolute atomic E-state index is 0.106. The zero-order chi connectivity index (χ0) is 14.7. The highest BCUT2D eigenvalue weighted by molar-refractivity contribution is 8.00. The fourth-order valence-corrected chi connectivity index (χ4v) is 3.14. The Labute approximate surface area is 118 Å². The number of rotatable bonds is 4. The van der Waals surface area contributed by atoms with Gasteiger partial charge in [0.25, 0.3) is 5.69 Å². The Balaban J connectivity index is 2.34. The third kappa shape index (κ3) is 3.26. The Morgan fingerprint density at radius 3 is 2.65 bits per heavy atom. The number of aromatic carboxylic acids is 1. The van der Waals surface area contributed by atoms with Crippen molar-refractivity contribution in [2.24, 2.45) is 0 Å². The maximum absolute atomic E-state index is 13.5. The third-order valence-corrected chi connectivity index (χ3v) is 4.32. The van der Waals surface area contributed by atoms with E-state index in [1.807, 2.05) is 0 Å². The van der Waals surface area contributed by atoms with Crippen LogP contribution in [0, 0.1) is 15.9 Å². The van der Waals surface area contributed by atoms with Gasteiger partial charge in [0.2, 0.25) is 0 Å². The van der Waals surface area contributed by atoms with Crippen molar-refractivity contribution in [2.45, 2.75) is 23.0 Å². The topological polar surface area (TPSA) is 89.7 Å². The van der Waals surface area contributed by atoms with Crippen LogP contribution >= 0.6 is 11.8 Å². The summed E-state index contributed by atoms with van der Waals surface area (Å²) in [6.07, 6.45) is 1.45. The number of nitro groups is 1. The van der Waals surface area contributed by atoms with Gasteiger partial charge >= 0.3 is 5.97 Å². The Bertz CT molecular complexity index is 545. The fraction of sp³-hybridized carbons (Fsp3) is 0.417. The molecule has 0 aromatic heterocycles. The lowest BCUT2D eigenvalue weighted by molar-refractivity contribution is -0.387. The van der Waals surface area contributed by atoms with Crippen molar-refractivity contribution in [1.82, 2.24) is 0 Å². The number of hydrogen-bond donors (Lipinski definition) is 1. The molecular formula is C12H12FNO5S. The third-order valence-electron chi connectivity index (χ3n) is 2.94. The van der Waals surface area contributed by atoms with Gasteiger partial charge in [-0.05, 0) is 18.9 Å². The molecule has 0 amide bonds. The first kappa shape index (κ1) is 14.7. The monoisotopic (exact) mass is 301 g/mol. The molecule has 108 valence electrons. The quantitative estimate of drug-likeness (QED) is 0.679. The van der Waals surface area contributed by atoms with E-state index in [4.69, 9.17) is 9.84 Å². The number of halogens is 1. The van der Waals surface area contributed by atoms with Crippen molar-refractivity contribution in [3.63, 3.8) is 0 Å². The van der Waals surface area contributed by atoms with Crippen molar-refractivity contribution in [3.8, 4) is 0 Å². The zero-order valence-corrected chi connectivity index (χ0v) is 11.2. The number of ether oxygens (including phenoxy) is 1. The molecule has 2 rings (SSSR count). The van der Waals surface area contributed by atoms with Crippen LogP contribution in [-0.2, 0) is 4.74 Å². The molecule has 1 heterocycles. The van der Waals surface area contributed by atoms with Crippen LogP contribution in [0.1, 0.15) is 23.2 Å². The molecule has 6 nitrogen and oxygen atoms in total. The molecular weight excluding hydrogens is 289 g/mol. The van der Waals surface area contributed by atoms with Crippen molar-refractivity contribution in [2.75, 3.05) is 13.2 Å². The number of nitrogens with zero attached hydrogens (tertiary/aromatic N) is 1. The highest BCUT2D eigenvalue weighted by Gasteiger charge is 2.25. The van der Waals surface area contributed by atoms with Crippen molar-refractivity contribution >= 4 is 23.4 Å². The molecule has 1 aromatic carbocycles. The van der Waals surface area contributed by atoms with E-state index in [1.54, 1.807) is 0 Å². The Kier molecular flexibility index (Phi) is 4.56. The number of nitro benzene ring substituents is 1. The summed E-state index contributed by atoms with van der Waals surface area (Å²) >= 11 is 1.21. The maximum Gasteiger partial charge on any atom is 0.338 e. The summed E-state index contributed by atoms with van der Waals surface area (Å²) in [5.41, 5.74) is -0.950. The van der Waals surface area contributed by atoms with Crippen LogP contribution in [0.3, 0.4) is 0 Å². The summed E-state index contributed by atoms with van der Waals surface area (Å²) in [4.78, 5) is 21.3. The van der Waals surface area contributed by atoms with E-state index < -0.39 is 28.0 Å². The van der Waals surface area contributed by atoms with Crippen LogP contribution < -0.4 is 0 Å². The molecule has 0 spiro atoms. The summed E-state index contributed by atoms with van der Waals surface area (Å²) < 4.78 is 18.7. The number of carboxylic acids is 1. The van der Waals surface area contributed by atoms with Crippen molar-refractivity contribution in [1.29, 1.82) is 0 Å². The predicted octanol–water partition coefficient (Wildman–Crippen LogP) is 2.70. The highest BCUT2D eigenvalue weighted by atomic mass is 32.2. The van der Waals surface area contributed by atoms with Crippen LogP contribution in [-0.4, -0.2) is 34.5 Å². The molecule has 1 fully saturated rings. The van der Waals surface area contributed by atoms with Crippen LogP contribution in [0.4, 0.5) is 10.1 Å². The first-order valence-corrected chi connectivity index (χ1v) is 6.82. The largest absolute Gasteiger partial charge is 0.478 e. The lowest BCUT2D eigenvalue weighted by Crippen LogP contribution is -2.17. The van der Waals surface area contributed by atoms with E-state index >= 15 is 0 Å². The van der Waals surface area contributed by atoms with E-state index in [0.717, 1.165) is 18.9 Å². The molecule has 1 saturated heterocycles. The van der Waals surface area contributed by atoms with Gasteiger partial charge in [-0.2, -0.15) is 0 Å². The summed E-state index contributed by atoms with van der Waals surface area (Å²) in [5.74, 6) is -2.54. The molecule has 0 unspecified atom stereocenters. The molecule has 0 aliphatic carbocycles. The minimum atomic E-state index is -1.44. The van der Waals surface area contributed by atoms with E-state index in [2.05, 4.69) is 0 Å². The molecule has 0 saturated carbocycles. The first-order chi connectivity index (χ1) is 9.49. The number of carboxylic acid groups (broad SMARTS) is 1. The number of benzene rings is 1. The molecule has 1 aromatic rings. The molecule has 20 heavy (non-hydrogen) atoms. The van der Waals surface area contributed by atoms with Gasteiger partial charge in [-0.3, -0.25) is 10.1 Å². The molecule has 1 aliphatic heterocycles. The van der Waals surface area contributed by atoms with Crippen LogP contribution in [0.5, 0.6) is 0 Å². The van der Waals surface area contributed by atoms with E-state index in [1.165, 1.54) is 11.8 Å². The molecule has 0 bridgehead atoms. The van der Waals surface area contributed by atoms with Gasteiger partial charge in [0, 0.05) is 18.5 Å². The Morgan fingerprint density at radius 2 is 2.10 bits per heavy atom. The molecule has 8 heteroatoms. The van der Waals surface area contributed by atoms with Gasteiger partial charge in [-0.15, -0.1) is 11.8 Å². The fourth-order valence-electron chi connectivity index (χ4n) is 1.92. The first-order valence-electron chi connectivity index (χ1n) is 5.94. The smallest absolute Gasteiger partial charge is 0.338 e. The molecule has 0 radical (unpaired) electrons. The second-order valence-electron chi connectivity index (χ2n) is 4.29. The van der Waals surface area contributed by atoms with Crippen molar-refractivity contribution < 1.29 is 24.0 Å². The van der Waals surface area contributed by atoms with Crippen molar-refractivity contribution in [3.05, 3.63) is 33.6 Å². The summed E-state index contributed by atoms with van der Waals surface area (Å²) in [6, 6.07) is 1.71. The Hall–Kier alpha value is -1.67. The second kappa shape index (κ2) is 6.19. The number of hydrogen-bond acceptors (Lipinski definition) is 5. The minimum Gasteiger partial charge on any atom is -0.478 e. The van der Waals surface area contributed by atoms with Gasteiger partial charge in [0.15, 0.2) is 0 Å². The normalized spacial score (nSPS) is 16.1. The van der Waals surface area contributed by atoms with E-state index in [0.29, 0.717) is 19.3 Å². The zero-order valence-electron chi connectivity index (χ0n) is 10.4. The van der Waals surface area contributed by atoms with Crippen LogP contribution in [0.15, 0.2) is 17.0 Å². The summed E-state index contributed by atoms with van der Waals surface area (Å²) in [6.45, 7) is 1.14. The van der Waals surface area contributed by atoms with Gasteiger partial charge in [-0.1, -0.05) is 0 Å². The Morgan fingerprint density at radius 1 is 1.45 bits per heavy atom. The SMILES string of the molecule is O=C(O)c1cc(SC2CCOCC2)c([N+](=O)[O-])cc1F. The highest BCUT2D eigenvalue weighted by Crippen LogP contribution is 2.37. The average Bonchev–Trinajstić information content (AvgIpc) is 2.41. The average molecular weight is 301 g/mol. The summed E-state index contributed by atoms with van der Waals surface area (Å²) in [5, 5.41) is 19.9. The number of thioether (sulfide) groups is 1. The van der Waals surface area contributed by atoms with Gasteiger partial charge in [-0.25, -0.2) is 9.18 Å². The standard InChI is InChI=1S/C12H12FNO5S/c13-9-6-10(14(17)18)11(5-8(9)12(15)16)20-7-1-3-19-4-2-7/h5-7H,1-4H2,(H,15,16). The van der Waals surface area contributed by atoms with E-state index in [-0.39, 0.29) is 10.1 Å². The maximum atomic E-state index is 13.5. The van der Waals surface area contributed by atoms with Gasteiger partial charge in [0.05, 0.1) is 21.4 Å².